The van der Waals surface area contributed by atoms with Crippen LogP contribution in [0.5, 0.6) is 5.75 Å². The summed E-state index contributed by atoms with van der Waals surface area (Å²) in [4.78, 5) is 13.8. The molecule has 4 nitrogen and oxygen atoms in total. The standard InChI is InChI=1S/C14H22N2O2/c1-14(2,3)12(15)13(17)16(4)10-6-8-11(18-5)9-7-10/h6-9,12H,15H2,1-5H3/t12-/m1/s1. The van der Waals surface area contributed by atoms with E-state index in [1.165, 1.54) is 0 Å². The van der Waals surface area contributed by atoms with Gasteiger partial charge in [-0.1, -0.05) is 20.8 Å². The Bertz CT molecular complexity index is 407. The molecule has 1 rings (SSSR count). The van der Waals surface area contributed by atoms with Gasteiger partial charge in [0.2, 0.25) is 5.91 Å². The van der Waals surface area contributed by atoms with Gasteiger partial charge in [0, 0.05) is 12.7 Å². The molecule has 0 aliphatic rings. The summed E-state index contributed by atoms with van der Waals surface area (Å²) < 4.78 is 5.08. The number of nitrogens with two attached hydrogens (primary N) is 1. The van der Waals surface area contributed by atoms with Gasteiger partial charge in [-0.2, -0.15) is 0 Å². The van der Waals surface area contributed by atoms with Gasteiger partial charge in [0.05, 0.1) is 13.2 Å². The first-order valence-corrected chi connectivity index (χ1v) is 5.94. The van der Waals surface area contributed by atoms with Crippen LogP contribution in [-0.4, -0.2) is 26.1 Å². The second kappa shape index (κ2) is 5.40. The van der Waals surface area contributed by atoms with E-state index in [9.17, 15) is 4.79 Å². The van der Waals surface area contributed by atoms with E-state index in [1.807, 2.05) is 45.0 Å². The van der Waals surface area contributed by atoms with Gasteiger partial charge >= 0.3 is 0 Å². The molecule has 18 heavy (non-hydrogen) atoms. The summed E-state index contributed by atoms with van der Waals surface area (Å²) in [5, 5.41) is 0. The van der Waals surface area contributed by atoms with Gasteiger partial charge in [0.1, 0.15) is 5.75 Å². The van der Waals surface area contributed by atoms with Crippen molar-refractivity contribution in [2.75, 3.05) is 19.1 Å². The predicted octanol–water partition coefficient (Wildman–Crippen LogP) is 2.03. The summed E-state index contributed by atoms with van der Waals surface area (Å²) in [7, 11) is 3.34. The topological polar surface area (TPSA) is 55.6 Å². The Morgan fingerprint density at radius 3 is 2.17 bits per heavy atom. The number of anilines is 1. The van der Waals surface area contributed by atoms with Crippen molar-refractivity contribution < 1.29 is 9.53 Å². The van der Waals surface area contributed by atoms with Crippen molar-refractivity contribution in [1.82, 2.24) is 0 Å². The molecule has 0 aliphatic carbocycles. The summed E-state index contributed by atoms with van der Waals surface area (Å²) >= 11 is 0. The van der Waals surface area contributed by atoms with Gasteiger partial charge in [-0.05, 0) is 29.7 Å². The lowest BCUT2D eigenvalue weighted by Gasteiger charge is -2.30. The van der Waals surface area contributed by atoms with Crippen LogP contribution in [-0.2, 0) is 4.79 Å². The third-order valence-electron chi connectivity index (χ3n) is 2.99. The second-order valence-corrected chi connectivity index (χ2v) is 5.44. The van der Waals surface area contributed by atoms with Crippen molar-refractivity contribution in [1.29, 1.82) is 0 Å². The number of hydrogen-bond donors (Lipinski definition) is 1. The van der Waals surface area contributed by atoms with Crippen molar-refractivity contribution in [2.24, 2.45) is 11.1 Å². The van der Waals surface area contributed by atoms with Crippen LogP contribution in [0.1, 0.15) is 20.8 Å². The molecular weight excluding hydrogens is 228 g/mol. The number of carbonyl (C=O) groups is 1. The van der Waals surface area contributed by atoms with E-state index in [2.05, 4.69) is 0 Å². The number of carbonyl (C=O) groups excluding carboxylic acids is 1. The van der Waals surface area contributed by atoms with Gasteiger partial charge in [-0.3, -0.25) is 4.79 Å². The first-order valence-electron chi connectivity index (χ1n) is 5.94. The van der Waals surface area contributed by atoms with Gasteiger partial charge in [-0.25, -0.2) is 0 Å². The number of ether oxygens (including phenoxy) is 1. The zero-order valence-corrected chi connectivity index (χ0v) is 11.7. The minimum Gasteiger partial charge on any atom is -0.497 e. The minimum atomic E-state index is -0.524. The highest BCUT2D eigenvalue weighted by atomic mass is 16.5. The van der Waals surface area contributed by atoms with Gasteiger partial charge < -0.3 is 15.4 Å². The van der Waals surface area contributed by atoms with Crippen LogP contribution in [0.3, 0.4) is 0 Å². The molecule has 0 saturated heterocycles. The molecule has 1 amide bonds. The summed E-state index contributed by atoms with van der Waals surface area (Å²) in [6, 6.07) is 6.80. The number of benzene rings is 1. The van der Waals surface area contributed by atoms with Gasteiger partial charge in [-0.15, -0.1) is 0 Å². The Hall–Kier alpha value is -1.55. The average molecular weight is 250 g/mol. The van der Waals surface area contributed by atoms with E-state index in [-0.39, 0.29) is 11.3 Å². The van der Waals surface area contributed by atoms with Crippen LogP contribution < -0.4 is 15.4 Å². The smallest absolute Gasteiger partial charge is 0.244 e. The fourth-order valence-electron chi connectivity index (χ4n) is 1.51. The van der Waals surface area contributed by atoms with Crippen LogP contribution in [0.2, 0.25) is 0 Å². The summed E-state index contributed by atoms with van der Waals surface area (Å²) in [6.07, 6.45) is 0. The van der Waals surface area contributed by atoms with E-state index in [4.69, 9.17) is 10.5 Å². The largest absolute Gasteiger partial charge is 0.497 e. The molecule has 1 aromatic carbocycles. The Morgan fingerprint density at radius 2 is 1.78 bits per heavy atom. The molecule has 1 atom stereocenters. The highest BCUT2D eigenvalue weighted by Crippen LogP contribution is 2.23. The van der Waals surface area contributed by atoms with Gasteiger partial charge in [0.15, 0.2) is 0 Å². The third kappa shape index (κ3) is 3.23. The van der Waals surface area contributed by atoms with Crippen LogP contribution >= 0.6 is 0 Å². The van der Waals surface area contributed by atoms with E-state index in [0.29, 0.717) is 0 Å². The van der Waals surface area contributed by atoms with E-state index < -0.39 is 6.04 Å². The first-order chi connectivity index (χ1) is 8.27. The van der Waals surface area contributed by atoms with E-state index in [0.717, 1.165) is 11.4 Å². The molecule has 0 aliphatic heterocycles. The Kier molecular flexibility index (Phi) is 4.35. The zero-order valence-electron chi connectivity index (χ0n) is 11.7. The third-order valence-corrected chi connectivity index (χ3v) is 2.99. The molecule has 0 unspecified atom stereocenters. The predicted molar refractivity (Wildman–Crippen MR) is 73.8 cm³/mol. The SMILES string of the molecule is COc1ccc(N(C)C(=O)[C@@H](N)C(C)(C)C)cc1. The van der Waals surface area contributed by atoms with Crippen LogP contribution in [0.15, 0.2) is 24.3 Å². The Labute approximate surface area is 109 Å². The van der Waals surface area contributed by atoms with Crippen LogP contribution in [0, 0.1) is 5.41 Å². The van der Waals surface area contributed by atoms with Gasteiger partial charge in [0.25, 0.3) is 0 Å². The number of methoxy groups -OCH3 is 1. The lowest BCUT2D eigenvalue weighted by molar-refractivity contribution is -0.121. The summed E-state index contributed by atoms with van der Waals surface area (Å²) in [5.41, 5.74) is 6.53. The Balaban J connectivity index is 2.86. The molecule has 0 aromatic heterocycles. The number of amides is 1. The molecule has 100 valence electrons. The lowest BCUT2D eigenvalue weighted by atomic mass is 9.86. The fraction of sp³-hybridized carbons (Fsp3) is 0.500. The molecule has 4 heteroatoms. The van der Waals surface area contributed by atoms with Crippen LogP contribution in [0.25, 0.3) is 0 Å². The fourth-order valence-corrected chi connectivity index (χ4v) is 1.51. The molecule has 1 aromatic rings. The Morgan fingerprint density at radius 1 is 1.28 bits per heavy atom. The highest BCUT2D eigenvalue weighted by molar-refractivity contribution is 5.97. The zero-order chi connectivity index (χ0) is 13.9. The van der Waals surface area contributed by atoms with E-state index >= 15 is 0 Å². The number of likely N-dealkylation sites (N-methyl/N-ethyl adjacent to an activating group) is 1. The molecule has 0 fully saturated rings. The maximum Gasteiger partial charge on any atom is 0.244 e. The molecule has 0 heterocycles. The molecule has 0 bridgehead atoms. The molecular formula is C14H22N2O2. The average Bonchev–Trinajstić information content (AvgIpc) is 2.35. The second-order valence-electron chi connectivity index (χ2n) is 5.44. The quantitative estimate of drug-likeness (QED) is 0.893. The summed E-state index contributed by atoms with van der Waals surface area (Å²) in [5.74, 6) is 0.674. The van der Waals surface area contributed by atoms with Crippen molar-refractivity contribution in [2.45, 2.75) is 26.8 Å². The maximum atomic E-state index is 12.2. The maximum absolute atomic E-state index is 12.2. The van der Waals surface area contributed by atoms with Crippen molar-refractivity contribution in [3.63, 3.8) is 0 Å². The first kappa shape index (κ1) is 14.5. The molecule has 0 spiro atoms. The number of rotatable bonds is 3. The van der Waals surface area contributed by atoms with Crippen molar-refractivity contribution in [3.8, 4) is 5.75 Å². The monoisotopic (exact) mass is 250 g/mol. The molecule has 2 N–H and O–H groups in total. The van der Waals surface area contributed by atoms with Crippen molar-refractivity contribution in [3.05, 3.63) is 24.3 Å². The van der Waals surface area contributed by atoms with Crippen LogP contribution in [0.4, 0.5) is 5.69 Å². The molecule has 0 radical (unpaired) electrons. The minimum absolute atomic E-state index is 0.0901. The number of nitrogens with zero attached hydrogens (tertiary/aromatic N) is 1. The lowest BCUT2D eigenvalue weighted by Crippen LogP contribution is -2.49. The highest BCUT2D eigenvalue weighted by Gasteiger charge is 2.30. The normalized spacial score (nSPS) is 13.0. The molecule has 0 saturated carbocycles. The number of hydrogen-bond acceptors (Lipinski definition) is 3. The summed E-state index contributed by atoms with van der Waals surface area (Å²) in [6.45, 7) is 5.87. The van der Waals surface area contributed by atoms with Crippen molar-refractivity contribution >= 4 is 11.6 Å². The van der Waals surface area contributed by atoms with E-state index in [1.54, 1.807) is 19.1 Å².